The lowest BCUT2D eigenvalue weighted by Gasteiger charge is -2.60. The Labute approximate surface area is 267 Å². The standard InChI is InChI=1S/2C18H19NO4/c2*1-19-8-7-17-14-10-3-4-12(22-2)15(14)23-16(17)11(20)5-6-18(17,21)13(19)9-10/h2*3-6,13,16,21H,7-9H2,1-2H3/t2*13-,16+,17+,18-/m11/s1. The summed E-state index contributed by atoms with van der Waals surface area (Å²) >= 11 is 0. The van der Waals surface area contributed by atoms with Gasteiger partial charge in [0.05, 0.1) is 25.0 Å². The summed E-state index contributed by atoms with van der Waals surface area (Å²) in [6, 6.07) is 7.83. The van der Waals surface area contributed by atoms with E-state index in [9.17, 15) is 19.8 Å². The van der Waals surface area contributed by atoms with Crippen LogP contribution in [0.15, 0.2) is 48.6 Å². The number of carbonyl (C=O) groups is 2. The van der Waals surface area contributed by atoms with Gasteiger partial charge in [-0.1, -0.05) is 12.1 Å². The van der Waals surface area contributed by atoms with Gasteiger partial charge in [0.25, 0.3) is 0 Å². The predicted molar refractivity (Wildman–Crippen MR) is 166 cm³/mol. The summed E-state index contributed by atoms with van der Waals surface area (Å²) in [6.07, 6.45) is 8.01. The van der Waals surface area contributed by atoms with E-state index in [2.05, 4.69) is 21.9 Å². The first-order valence-electron chi connectivity index (χ1n) is 16.1. The first-order chi connectivity index (χ1) is 22.1. The van der Waals surface area contributed by atoms with Gasteiger partial charge in [-0.25, -0.2) is 0 Å². The maximum atomic E-state index is 12.6. The van der Waals surface area contributed by atoms with Crippen LogP contribution in [0.25, 0.3) is 0 Å². The van der Waals surface area contributed by atoms with Crippen molar-refractivity contribution in [3.8, 4) is 23.0 Å². The molecular formula is C36H38N2O8. The van der Waals surface area contributed by atoms with Gasteiger partial charge in [0.1, 0.15) is 11.2 Å². The molecule has 240 valence electrons. The second kappa shape index (κ2) is 9.01. The van der Waals surface area contributed by atoms with Gasteiger partial charge < -0.3 is 29.2 Å². The van der Waals surface area contributed by atoms with Crippen LogP contribution < -0.4 is 18.9 Å². The lowest BCUT2D eigenvalue weighted by molar-refractivity contribution is -0.151. The summed E-state index contributed by atoms with van der Waals surface area (Å²) in [5.74, 6) is 2.44. The molecule has 10 rings (SSSR count). The number of hydrogen-bond donors (Lipinski definition) is 2. The topological polar surface area (TPSA) is 118 Å². The van der Waals surface area contributed by atoms with Gasteiger partial charge in [-0.2, -0.15) is 0 Å². The molecule has 10 nitrogen and oxygen atoms in total. The fourth-order valence-electron chi connectivity index (χ4n) is 10.6. The molecular weight excluding hydrogens is 588 g/mol. The lowest BCUT2D eigenvalue weighted by Crippen LogP contribution is -2.74. The maximum absolute atomic E-state index is 12.6. The molecule has 2 fully saturated rings. The molecule has 2 aromatic carbocycles. The van der Waals surface area contributed by atoms with E-state index in [0.29, 0.717) is 35.8 Å². The van der Waals surface area contributed by atoms with E-state index >= 15 is 0 Å². The van der Waals surface area contributed by atoms with Crippen molar-refractivity contribution in [2.24, 2.45) is 0 Å². The van der Waals surface area contributed by atoms with Crippen molar-refractivity contribution in [2.45, 2.75) is 72.0 Å². The second-order valence-electron chi connectivity index (χ2n) is 14.2. The molecule has 8 aliphatic rings. The molecule has 0 aromatic heterocycles. The first-order valence-corrected chi connectivity index (χ1v) is 16.1. The van der Waals surface area contributed by atoms with Gasteiger partial charge in [0, 0.05) is 23.2 Å². The zero-order valence-corrected chi connectivity index (χ0v) is 26.4. The average Bonchev–Trinajstić information content (AvgIpc) is 3.59. The van der Waals surface area contributed by atoms with Crippen LogP contribution in [0.3, 0.4) is 0 Å². The summed E-state index contributed by atoms with van der Waals surface area (Å²) in [5.41, 5.74) is 0.769. The molecule has 4 aliphatic heterocycles. The fraction of sp³-hybridized carbons (Fsp3) is 0.500. The monoisotopic (exact) mass is 626 g/mol. The summed E-state index contributed by atoms with van der Waals surface area (Å²) in [6.45, 7) is 1.67. The molecule has 46 heavy (non-hydrogen) atoms. The summed E-state index contributed by atoms with van der Waals surface area (Å²) < 4.78 is 23.1. The predicted octanol–water partition coefficient (Wildman–Crippen LogP) is 1.65. The van der Waals surface area contributed by atoms with Crippen LogP contribution >= 0.6 is 0 Å². The largest absolute Gasteiger partial charge is 0.493 e. The quantitative estimate of drug-likeness (QED) is 0.510. The number of rotatable bonds is 2. The lowest BCUT2D eigenvalue weighted by atomic mass is 9.51. The van der Waals surface area contributed by atoms with Crippen molar-refractivity contribution in [1.29, 1.82) is 0 Å². The molecule has 8 atom stereocenters. The Morgan fingerprint density at radius 3 is 1.52 bits per heavy atom. The molecule has 0 amide bonds. The van der Waals surface area contributed by atoms with Crippen molar-refractivity contribution in [2.75, 3.05) is 41.4 Å². The minimum atomic E-state index is -1.08. The SMILES string of the molecule is COc1ccc2c3c1O[C@H]1C(=O)C=C[C@@]4(O)[C@@H](C2)N(C)CC[C@]314.COc1ccc2c3c1O[C@H]1C(=O)C=C[C@@]4(O)[C@@H](C2)N(C)CC[C@]314. The van der Waals surface area contributed by atoms with Crippen LogP contribution in [0.2, 0.25) is 0 Å². The second-order valence-corrected chi connectivity index (χ2v) is 14.2. The third kappa shape index (κ3) is 2.99. The van der Waals surface area contributed by atoms with Crippen molar-refractivity contribution < 1.29 is 38.7 Å². The van der Waals surface area contributed by atoms with E-state index < -0.39 is 34.2 Å². The number of methoxy groups -OCH3 is 2. The Bertz CT molecular complexity index is 1670. The molecule has 0 unspecified atom stereocenters. The van der Waals surface area contributed by atoms with Crippen molar-refractivity contribution in [1.82, 2.24) is 9.80 Å². The van der Waals surface area contributed by atoms with Gasteiger partial charge in [-0.15, -0.1) is 0 Å². The molecule has 10 heteroatoms. The number of carbonyl (C=O) groups excluding carboxylic acids is 2. The number of ketones is 2. The molecule has 2 spiro atoms. The highest BCUT2D eigenvalue weighted by Crippen LogP contribution is 2.65. The van der Waals surface area contributed by atoms with Crippen LogP contribution in [0.1, 0.15) is 35.1 Å². The number of likely N-dealkylation sites (tertiary alicyclic amines) is 2. The van der Waals surface area contributed by atoms with Gasteiger partial charge in [-0.05, 0) is 100 Å². The summed E-state index contributed by atoms with van der Waals surface area (Å²) in [5, 5.41) is 23.3. The zero-order chi connectivity index (χ0) is 32.0. The van der Waals surface area contributed by atoms with Gasteiger partial charge in [0.15, 0.2) is 46.8 Å². The number of aliphatic hydroxyl groups is 2. The van der Waals surface area contributed by atoms with Crippen LogP contribution in [-0.2, 0) is 33.3 Å². The third-order valence-corrected chi connectivity index (χ3v) is 12.7. The maximum Gasteiger partial charge on any atom is 0.196 e. The summed E-state index contributed by atoms with van der Waals surface area (Å²) in [7, 11) is 7.29. The van der Waals surface area contributed by atoms with E-state index in [1.807, 2.05) is 26.2 Å². The van der Waals surface area contributed by atoms with Crippen LogP contribution in [-0.4, -0.2) is 108 Å². The van der Waals surface area contributed by atoms with Gasteiger partial charge in [-0.3, -0.25) is 19.4 Å². The Morgan fingerprint density at radius 2 is 1.13 bits per heavy atom. The molecule has 4 bridgehead atoms. The Kier molecular flexibility index (Phi) is 5.58. The number of likely N-dealkylation sites (N-methyl/N-ethyl adjacent to an activating group) is 2. The summed E-state index contributed by atoms with van der Waals surface area (Å²) in [4.78, 5) is 29.5. The van der Waals surface area contributed by atoms with E-state index in [1.165, 1.54) is 12.2 Å². The van der Waals surface area contributed by atoms with Gasteiger partial charge in [0.2, 0.25) is 0 Å². The molecule has 2 N–H and O–H groups in total. The van der Waals surface area contributed by atoms with E-state index in [-0.39, 0.29) is 23.7 Å². The average molecular weight is 627 g/mol. The highest BCUT2D eigenvalue weighted by Gasteiger charge is 2.73. The number of hydrogen-bond acceptors (Lipinski definition) is 10. The highest BCUT2D eigenvalue weighted by molar-refractivity contribution is 5.99. The first kappa shape index (κ1) is 28.5. The molecule has 2 aromatic rings. The Hall–Kier alpha value is -3.70. The van der Waals surface area contributed by atoms with Gasteiger partial charge >= 0.3 is 0 Å². The van der Waals surface area contributed by atoms with Crippen LogP contribution in [0, 0.1) is 0 Å². The Morgan fingerprint density at radius 1 is 0.717 bits per heavy atom. The van der Waals surface area contributed by atoms with E-state index in [0.717, 1.165) is 48.2 Å². The smallest absolute Gasteiger partial charge is 0.196 e. The number of ether oxygens (including phenoxy) is 4. The Balaban J connectivity index is 0.000000127. The molecule has 4 heterocycles. The van der Waals surface area contributed by atoms with Crippen molar-refractivity contribution >= 4 is 11.6 Å². The molecule has 4 aliphatic carbocycles. The van der Waals surface area contributed by atoms with E-state index in [4.69, 9.17) is 18.9 Å². The van der Waals surface area contributed by atoms with Crippen molar-refractivity contribution in [3.05, 3.63) is 70.8 Å². The van der Waals surface area contributed by atoms with Crippen LogP contribution in [0.5, 0.6) is 23.0 Å². The highest BCUT2D eigenvalue weighted by atomic mass is 16.5. The number of benzene rings is 2. The zero-order valence-electron chi connectivity index (χ0n) is 26.4. The molecule has 0 radical (unpaired) electrons. The van der Waals surface area contributed by atoms with E-state index in [1.54, 1.807) is 26.4 Å². The molecule has 2 saturated heterocycles. The van der Waals surface area contributed by atoms with Crippen molar-refractivity contribution in [3.63, 3.8) is 0 Å². The fourth-order valence-corrected chi connectivity index (χ4v) is 10.6. The number of nitrogens with zero attached hydrogens (tertiary/aromatic N) is 2. The molecule has 0 saturated carbocycles. The minimum absolute atomic E-state index is 0.0430. The number of piperidine rings is 2. The normalized spacial score (nSPS) is 39.9. The van der Waals surface area contributed by atoms with Crippen LogP contribution in [0.4, 0.5) is 0 Å². The third-order valence-electron chi connectivity index (χ3n) is 12.7. The minimum Gasteiger partial charge on any atom is -0.493 e.